The lowest BCUT2D eigenvalue weighted by Crippen LogP contribution is -2.32. The lowest BCUT2D eigenvalue weighted by atomic mass is 9.84. The van der Waals surface area contributed by atoms with Gasteiger partial charge in [0.05, 0.1) is 19.9 Å². The van der Waals surface area contributed by atoms with Gasteiger partial charge in [-0.1, -0.05) is 42.0 Å². The van der Waals surface area contributed by atoms with E-state index >= 15 is 0 Å². The molecule has 0 bridgehead atoms. The Kier molecular flexibility index (Phi) is 4.76. The number of para-hydroxylation sites is 1. The van der Waals surface area contributed by atoms with Gasteiger partial charge in [0.1, 0.15) is 35.7 Å². The third kappa shape index (κ3) is 3.12. The van der Waals surface area contributed by atoms with Gasteiger partial charge < -0.3 is 19.5 Å². The van der Waals surface area contributed by atoms with Gasteiger partial charge in [-0.15, -0.1) is 0 Å². The second-order valence-corrected chi connectivity index (χ2v) is 8.40. The minimum atomic E-state index is -0.337. The maximum absolute atomic E-state index is 6.67. The van der Waals surface area contributed by atoms with Crippen LogP contribution in [0.25, 0.3) is 5.70 Å². The summed E-state index contributed by atoms with van der Waals surface area (Å²) in [6, 6.07) is 22.0. The van der Waals surface area contributed by atoms with Crippen molar-refractivity contribution in [1.82, 2.24) is 14.8 Å². The van der Waals surface area contributed by atoms with E-state index in [0.29, 0.717) is 5.95 Å². The van der Waals surface area contributed by atoms with E-state index in [1.807, 2.05) is 41.1 Å². The van der Waals surface area contributed by atoms with Crippen molar-refractivity contribution in [3.63, 3.8) is 0 Å². The molecule has 0 fully saturated rings. The van der Waals surface area contributed by atoms with Crippen LogP contribution in [0.2, 0.25) is 0 Å². The van der Waals surface area contributed by atoms with Crippen molar-refractivity contribution in [1.29, 1.82) is 0 Å². The first-order valence-electron chi connectivity index (χ1n) is 11.1. The molecule has 2 aliphatic heterocycles. The first kappa shape index (κ1) is 20.4. The number of ether oxygens (including phenoxy) is 3. The summed E-state index contributed by atoms with van der Waals surface area (Å²) in [6.45, 7) is 2.08. The lowest BCUT2D eigenvalue weighted by Gasteiger charge is -2.39. The highest BCUT2D eigenvalue weighted by molar-refractivity contribution is 5.85. The van der Waals surface area contributed by atoms with Crippen LogP contribution in [-0.4, -0.2) is 29.0 Å². The first-order chi connectivity index (χ1) is 16.7. The summed E-state index contributed by atoms with van der Waals surface area (Å²) in [4.78, 5) is 4.50. The van der Waals surface area contributed by atoms with E-state index in [2.05, 4.69) is 52.7 Å². The molecule has 34 heavy (non-hydrogen) atoms. The van der Waals surface area contributed by atoms with Gasteiger partial charge >= 0.3 is 0 Å². The molecule has 2 aliphatic rings. The van der Waals surface area contributed by atoms with Crippen molar-refractivity contribution in [3.05, 3.63) is 101 Å². The minimum Gasteiger partial charge on any atom is -0.497 e. The molecule has 7 nitrogen and oxygen atoms in total. The van der Waals surface area contributed by atoms with Crippen LogP contribution in [0.4, 0.5) is 5.95 Å². The third-order valence-electron chi connectivity index (χ3n) is 6.43. The fourth-order valence-corrected chi connectivity index (χ4v) is 4.79. The van der Waals surface area contributed by atoms with Gasteiger partial charge in [0.15, 0.2) is 0 Å². The zero-order valence-corrected chi connectivity index (χ0v) is 19.1. The fraction of sp³-hybridized carbons (Fsp3) is 0.185. The van der Waals surface area contributed by atoms with Gasteiger partial charge in [0.25, 0.3) is 0 Å². The molecule has 0 radical (unpaired) electrons. The number of rotatable bonds is 4. The van der Waals surface area contributed by atoms with E-state index in [1.165, 1.54) is 5.56 Å². The van der Waals surface area contributed by atoms with Crippen molar-refractivity contribution in [2.24, 2.45) is 0 Å². The maximum Gasteiger partial charge on any atom is 0.226 e. The van der Waals surface area contributed by atoms with Crippen molar-refractivity contribution in [3.8, 4) is 17.2 Å². The molecule has 4 aromatic rings. The van der Waals surface area contributed by atoms with Crippen molar-refractivity contribution in [2.45, 2.75) is 19.1 Å². The minimum absolute atomic E-state index is 0.321. The topological polar surface area (TPSA) is 70.4 Å². The molecule has 0 saturated carbocycles. The smallest absolute Gasteiger partial charge is 0.226 e. The van der Waals surface area contributed by atoms with Crippen molar-refractivity contribution in [2.75, 3.05) is 19.5 Å². The third-order valence-corrected chi connectivity index (χ3v) is 6.43. The van der Waals surface area contributed by atoms with E-state index in [-0.39, 0.29) is 12.1 Å². The molecular weight excluding hydrogens is 428 g/mol. The Labute approximate surface area is 197 Å². The molecule has 0 amide bonds. The molecule has 3 heterocycles. The Morgan fingerprint density at radius 2 is 1.79 bits per heavy atom. The summed E-state index contributed by atoms with van der Waals surface area (Å²) in [6.07, 6.45) is 1.23. The van der Waals surface area contributed by atoms with Crippen LogP contribution in [0.1, 0.15) is 34.4 Å². The molecule has 6 rings (SSSR count). The van der Waals surface area contributed by atoms with Gasteiger partial charge in [0, 0.05) is 16.7 Å². The summed E-state index contributed by atoms with van der Waals surface area (Å²) in [5, 5.41) is 8.12. The highest BCUT2D eigenvalue weighted by atomic mass is 16.5. The first-order valence-corrected chi connectivity index (χ1v) is 11.1. The van der Waals surface area contributed by atoms with Crippen LogP contribution in [0.5, 0.6) is 17.2 Å². The average Bonchev–Trinajstić information content (AvgIpc) is 3.35. The Bertz CT molecular complexity index is 1410. The van der Waals surface area contributed by atoms with Gasteiger partial charge in [0.2, 0.25) is 5.95 Å². The zero-order valence-electron chi connectivity index (χ0n) is 19.1. The summed E-state index contributed by atoms with van der Waals surface area (Å²) < 4.78 is 19.9. The number of fused-ring (bicyclic) bond motifs is 3. The van der Waals surface area contributed by atoms with E-state index < -0.39 is 0 Å². The van der Waals surface area contributed by atoms with Gasteiger partial charge in [-0.25, -0.2) is 4.68 Å². The van der Waals surface area contributed by atoms with E-state index in [1.54, 1.807) is 20.5 Å². The zero-order chi connectivity index (χ0) is 23.2. The van der Waals surface area contributed by atoms with E-state index in [9.17, 15) is 0 Å². The quantitative estimate of drug-likeness (QED) is 0.461. The van der Waals surface area contributed by atoms with Crippen molar-refractivity contribution < 1.29 is 14.2 Å². The molecule has 1 aromatic heterocycles. The van der Waals surface area contributed by atoms with Gasteiger partial charge in [-0.05, 0) is 42.8 Å². The normalized spacial score (nSPS) is 18.2. The molecule has 170 valence electrons. The van der Waals surface area contributed by atoms with E-state index in [4.69, 9.17) is 14.2 Å². The Morgan fingerprint density at radius 3 is 2.59 bits per heavy atom. The molecule has 0 saturated heterocycles. The number of benzene rings is 3. The number of aryl methyl sites for hydroxylation is 1. The van der Waals surface area contributed by atoms with Crippen LogP contribution in [0.3, 0.4) is 0 Å². The fourth-order valence-electron chi connectivity index (χ4n) is 4.79. The Morgan fingerprint density at radius 1 is 0.971 bits per heavy atom. The molecule has 3 aromatic carbocycles. The van der Waals surface area contributed by atoms with Crippen LogP contribution in [0, 0.1) is 6.92 Å². The number of nitrogens with one attached hydrogen (secondary N) is 1. The predicted molar refractivity (Wildman–Crippen MR) is 129 cm³/mol. The standard InChI is InChI=1S/C27H24N4O3/c1-16-8-10-17(11-9-16)26-23-24(19-6-4-5-7-22(19)34-26)30-27-28-15-29-31(27)25(23)20-14-18(32-2)12-13-21(20)33-3/h4-15,25-26H,1-3H3,(H,28,29,30)/t25-,26-/m1/s1. The number of hydrogen-bond acceptors (Lipinski definition) is 6. The van der Waals surface area contributed by atoms with Gasteiger partial charge in [-0.2, -0.15) is 10.1 Å². The summed E-state index contributed by atoms with van der Waals surface area (Å²) in [5.74, 6) is 2.96. The summed E-state index contributed by atoms with van der Waals surface area (Å²) in [7, 11) is 3.34. The highest BCUT2D eigenvalue weighted by Crippen LogP contribution is 2.52. The monoisotopic (exact) mass is 452 g/mol. The summed E-state index contributed by atoms with van der Waals surface area (Å²) in [5.41, 5.74) is 6.17. The summed E-state index contributed by atoms with van der Waals surface area (Å²) >= 11 is 0. The van der Waals surface area contributed by atoms with E-state index in [0.717, 1.165) is 45.2 Å². The predicted octanol–water partition coefficient (Wildman–Crippen LogP) is 5.16. The highest BCUT2D eigenvalue weighted by Gasteiger charge is 2.42. The van der Waals surface area contributed by atoms with Crippen molar-refractivity contribution >= 4 is 11.6 Å². The number of anilines is 1. The van der Waals surface area contributed by atoms with Crippen LogP contribution < -0.4 is 19.5 Å². The largest absolute Gasteiger partial charge is 0.497 e. The second-order valence-electron chi connectivity index (χ2n) is 8.40. The number of methoxy groups -OCH3 is 2. The molecule has 0 unspecified atom stereocenters. The SMILES string of the molecule is COc1ccc(OC)c([C@@H]2C3=C(Nc4ncnn42)c2ccccc2O[C@@H]3c2ccc(C)cc2)c1. The average molecular weight is 453 g/mol. The Hall–Kier alpha value is -4.26. The molecule has 0 aliphatic carbocycles. The number of hydrogen-bond donors (Lipinski definition) is 1. The maximum atomic E-state index is 6.67. The molecule has 7 heteroatoms. The molecular formula is C27H24N4O3. The lowest BCUT2D eigenvalue weighted by molar-refractivity contribution is 0.222. The van der Waals surface area contributed by atoms with Crippen LogP contribution in [-0.2, 0) is 0 Å². The second kappa shape index (κ2) is 7.95. The molecule has 2 atom stereocenters. The van der Waals surface area contributed by atoms with Crippen LogP contribution in [0.15, 0.2) is 78.6 Å². The molecule has 1 N–H and O–H groups in total. The van der Waals surface area contributed by atoms with Crippen LogP contribution >= 0.6 is 0 Å². The molecule has 0 spiro atoms. The number of nitrogens with zero attached hydrogens (tertiary/aromatic N) is 3. The number of aromatic nitrogens is 3. The Balaban J connectivity index is 1.65. The van der Waals surface area contributed by atoms with Gasteiger partial charge in [-0.3, -0.25) is 0 Å².